The first-order valence-electron chi connectivity index (χ1n) is 6.60. The summed E-state index contributed by atoms with van der Waals surface area (Å²) < 4.78 is 0. The van der Waals surface area contributed by atoms with Crippen LogP contribution in [0.15, 0.2) is 23.4 Å². The molecule has 19 heavy (non-hydrogen) atoms. The van der Waals surface area contributed by atoms with Crippen LogP contribution in [0.3, 0.4) is 0 Å². The predicted molar refractivity (Wildman–Crippen MR) is 75.7 cm³/mol. The van der Waals surface area contributed by atoms with Crippen molar-refractivity contribution < 1.29 is 10.3 Å². The third-order valence-corrected chi connectivity index (χ3v) is 3.81. The van der Waals surface area contributed by atoms with Gasteiger partial charge in [-0.3, -0.25) is 0 Å². The lowest BCUT2D eigenvalue weighted by Crippen LogP contribution is -2.35. The first kappa shape index (κ1) is 13.7. The van der Waals surface area contributed by atoms with Crippen LogP contribution < -0.4 is 10.6 Å². The van der Waals surface area contributed by atoms with Crippen LogP contribution in [0, 0.1) is 12.8 Å². The number of aliphatic hydroxyl groups is 1. The Hall–Kier alpha value is -1.75. The molecule has 2 rings (SSSR count). The Balaban J connectivity index is 2.14. The summed E-state index contributed by atoms with van der Waals surface area (Å²) in [6, 6.07) is 5.82. The van der Waals surface area contributed by atoms with E-state index in [0.29, 0.717) is 5.92 Å². The van der Waals surface area contributed by atoms with Crippen molar-refractivity contribution in [1.82, 2.24) is 0 Å². The molecule has 0 bridgehead atoms. The summed E-state index contributed by atoms with van der Waals surface area (Å²) in [5.41, 5.74) is 8.62. The molecule has 1 aliphatic heterocycles. The third-order valence-electron chi connectivity index (χ3n) is 3.81. The smallest absolute Gasteiger partial charge is 0.170 e. The average Bonchev–Trinajstić information content (AvgIpc) is 2.46. The van der Waals surface area contributed by atoms with Gasteiger partial charge in [0.05, 0.1) is 0 Å². The van der Waals surface area contributed by atoms with Gasteiger partial charge in [-0.15, -0.1) is 0 Å². The van der Waals surface area contributed by atoms with Gasteiger partial charge >= 0.3 is 0 Å². The number of nitrogens with zero attached hydrogens (tertiary/aromatic N) is 2. The van der Waals surface area contributed by atoms with E-state index in [-0.39, 0.29) is 12.4 Å². The molecule has 0 atom stereocenters. The van der Waals surface area contributed by atoms with Gasteiger partial charge in [0.15, 0.2) is 5.84 Å². The molecule has 104 valence electrons. The summed E-state index contributed by atoms with van der Waals surface area (Å²) in [7, 11) is 0. The van der Waals surface area contributed by atoms with Gasteiger partial charge in [-0.1, -0.05) is 5.16 Å². The second-order valence-electron chi connectivity index (χ2n) is 5.10. The number of piperidine rings is 1. The fraction of sp³-hybridized carbons (Fsp3) is 0.500. The second-order valence-corrected chi connectivity index (χ2v) is 5.10. The van der Waals surface area contributed by atoms with Gasteiger partial charge in [0.25, 0.3) is 0 Å². The highest BCUT2D eigenvalue weighted by Crippen LogP contribution is 2.26. The highest BCUT2D eigenvalue weighted by Gasteiger charge is 2.19. The number of amidine groups is 1. The molecule has 1 aliphatic rings. The normalized spacial score (nSPS) is 17.8. The lowest BCUT2D eigenvalue weighted by atomic mass is 9.96. The Bertz CT molecular complexity index is 466. The van der Waals surface area contributed by atoms with Crippen molar-refractivity contribution in [2.24, 2.45) is 16.8 Å². The van der Waals surface area contributed by atoms with E-state index in [1.54, 1.807) is 0 Å². The molecule has 0 aliphatic carbocycles. The Kier molecular flexibility index (Phi) is 4.27. The average molecular weight is 263 g/mol. The van der Waals surface area contributed by atoms with Crippen molar-refractivity contribution in [3.05, 3.63) is 29.3 Å². The molecular formula is C14H21N3O2. The lowest BCUT2D eigenvalue weighted by Gasteiger charge is -2.34. The van der Waals surface area contributed by atoms with Gasteiger partial charge in [-0.25, -0.2) is 0 Å². The molecule has 4 N–H and O–H groups in total. The Morgan fingerprint density at radius 1 is 1.42 bits per heavy atom. The minimum atomic E-state index is 0.133. The molecule has 5 nitrogen and oxygen atoms in total. The van der Waals surface area contributed by atoms with Crippen molar-refractivity contribution in [3.8, 4) is 0 Å². The van der Waals surface area contributed by atoms with Crippen LogP contribution in [0.1, 0.15) is 24.0 Å². The van der Waals surface area contributed by atoms with Crippen molar-refractivity contribution in [2.75, 3.05) is 24.6 Å². The standard InChI is InChI=1S/C14H21N3O2/c1-10-8-12(14(15)16-19)2-3-13(10)17-6-4-11(9-18)5-7-17/h2-3,8,11,18-19H,4-7,9H2,1H3,(H2,15,16). The maximum atomic E-state index is 9.16. The molecule has 1 heterocycles. The Labute approximate surface area is 113 Å². The summed E-state index contributed by atoms with van der Waals surface area (Å²) in [6.07, 6.45) is 2.05. The van der Waals surface area contributed by atoms with E-state index >= 15 is 0 Å². The molecular weight excluding hydrogens is 242 g/mol. The highest BCUT2D eigenvalue weighted by atomic mass is 16.4. The summed E-state index contributed by atoms with van der Waals surface area (Å²) >= 11 is 0. The fourth-order valence-corrected chi connectivity index (χ4v) is 2.58. The third kappa shape index (κ3) is 2.98. The number of anilines is 1. The van der Waals surface area contributed by atoms with Gasteiger partial charge in [0, 0.05) is 30.9 Å². The minimum Gasteiger partial charge on any atom is -0.409 e. The zero-order chi connectivity index (χ0) is 13.8. The molecule has 1 aromatic carbocycles. The van der Waals surface area contributed by atoms with E-state index in [0.717, 1.165) is 37.1 Å². The maximum absolute atomic E-state index is 9.16. The summed E-state index contributed by atoms with van der Waals surface area (Å²) in [5, 5.41) is 20.9. The number of rotatable bonds is 3. The van der Waals surface area contributed by atoms with Crippen molar-refractivity contribution in [1.29, 1.82) is 0 Å². The summed E-state index contributed by atoms with van der Waals surface area (Å²) in [6.45, 7) is 4.25. The number of benzene rings is 1. The van der Waals surface area contributed by atoms with Crippen LogP contribution >= 0.6 is 0 Å². The highest BCUT2D eigenvalue weighted by molar-refractivity contribution is 5.97. The minimum absolute atomic E-state index is 0.133. The number of aliphatic hydroxyl groups excluding tert-OH is 1. The Morgan fingerprint density at radius 2 is 2.11 bits per heavy atom. The number of aryl methyl sites for hydroxylation is 1. The molecule has 1 aromatic rings. The first-order valence-corrected chi connectivity index (χ1v) is 6.60. The topological polar surface area (TPSA) is 82.1 Å². The van der Waals surface area contributed by atoms with Gasteiger partial charge in [0.2, 0.25) is 0 Å². The van der Waals surface area contributed by atoms with Gasteiger partial charge in [-0.2, -0.15) is 0 Å². The monoisotopic (exact) mass is 263 g/mol. The lowest BCUT2D eigenvalue weighted by molar-refractivity contribution is 0.203. The molecule has 1 fully saturated rings. The van der Waals surface area contributed by atoms with E-state index in [9.17, 15) is 0 Å². The maximum Gasteiger partial charge on any atom is 0.170 e. The molecule has 0 aromatic heterocycles. The van der Waals surface area contributed by atoms with Crippen LogP contribution in [0.2, 0.25) is 0 Å². The van der Waals surface area contributed by atoms with Crippen LogP contribution in [0.25, 0.3) is 0 Å². The fourth-order valence-electron chi connectivity index (χ4n) is 2.58. The first-order chi connectivity index (χ1) is 9.15. The number of oxime groups is 1. The van der Waals surface area contributed by atoms with Crippen molar-refractivity contribution in [3.63, 3.8) is 0 Å². The molecule has 5 heteroatoms. The molecule has 0 unspecified atom stereocenters. The van der Waals surface area contributed by atoms with Gasteiger partial charge in [0.1, 0.15) is 0 Å². The molecule has 1 saturated heterocycles. The molecule has 0 amide bonds. The zero-order valence-electron chi connectivity index (χ0n) is 11.2. The largest absolute Gasteiger partial charge is 0.409 e. The van der Waals surface area contributed by atoms with Gasteiger partial charge < -0.3 is 20.9 Å². The van der Waals surface area contributed by atoms with E-state index in [4.69, 9.17) is 16.0 Å². The van der Waals surface area contributed by atoms with Gasteiger partial charge in [-0.05, 0) is 49.4 Å². The number of hydrogen-bond donors (Lipinski definition) is 3. The van der Waals surface area contributed by atoms with E-state index in [1.165, 1.54) is 5.69 Å². The van der Waals surface area contributed by atoms with Crippen LogP contribution in [0.4, 0.5) is 5.69 Å². The summed E-state index contributed by atoms with van der Waals surface area (Å²) in [5.74, 6) is 0.571. The Morgan fingerprint density at radius 3 is 2.63 bits per heavy atom. The van der Waals surface area contributed by atoms with E-state index < -0.39 is 0 Å². The van der Waals surface area contributed by atoms with Crippen LogP contribution in [0.5, 0.6) is 0 Å². The van der Waals surface area contributed by atoms with Crippen molar-refractivity contribution in [2.45, 2.75) is 19.8 Å². The molecule has 0 saturated carbocycles. The second kappa shape index (κ2) is 5.93. The van der Waals surface area contributed by atoms with Crippen LogP contribution in [-0.4, -0.2) is 35.8 Å². The number of hydrogen-bond acceptors (Lipinski definition) is 4. The molecule has 0 spiro atoms. The van der Waals surface area contributed by atoms with E-state index in [2.05, 4.69) is 10.1 Å². The SMILES string of the molecule is Cc1cc(/C(N)=N/O)ccc1N1CCC(CO)CC1. The predicted octanol–water partition coefficient (Wildman–Crippen LogP) is 1.30. The summed E-state index contributed by atoms with van der Waals surface area (Å²) in [4.78, 5) is 2.33. The number of nitrogens with two attached hydrogens (primary N) is 1. The van der Waals surface area contributed by atoms with E-state index in [1.807, 2.05) is 25.1 Å². The zero-order valence-corrected chi connectivity index (χ0v) is 11.2. The van der Waals surface area contributed by atoms with Crippen LogP contribution in [-0.2, 0) is 0 Å². The quantitative estimate of drug-likeness (QED) is 0.332. The van der Waals surface area contributed by atoms with Crippen molar-refractivity contribution >= 4 is 11.5 Å². The molecule has 0 radical (unpaired) electrons.